The van der Waals surface area contributed by atoms with Crippen LogP contribution < -0.4 is 5.32 Å². The van der Waals surface area contributed by atoms with Crippen molar-refractivity contribution in [2.75, 3.05) is 0 Å². The van der Waals surface area contributed by atoms with Crippen LogP contribution in [0.2, 0.25) is 0 Å². The Morgan fingerprint density at radius 2 is 1.85 bits per heavy atom. The van der Waals surface area contributed by atoms with Crippen LogP contribution in [0.4, 0.5) is 13.2 Å². The molecule has 0 aliphatic rings. The van der Waals surface area contributed by atoms with Crippen molar-refractivity contribution in [1.29, 1.82) is 0 Å². The number of H-pyrrole nitrogens is 1. The molecule has 0 aliphatic heterocycles. The molecule has 0 bridgehead atoms. The molecule has 2 aromatic rings. The number of hydrogen-bond donors (Lipinski definition) is 3. The number of aromatic nitrogens is 6. The summed E-state index contributed by atoms with van der Waals surface area (Å²) < 4.78 is 38.8. The van der Waals surface area contributed by atoms with Crippen LogP contribution in [-0.4, -0.2) is 52.5 Å². The van der Waals surface area contributed by atoms with Crippen molar-refractivity contribution in [1.82, 2.24) is 35.3 Å². The first-order chi connectivity index (χ1) is 12.5. The summed E-state index contributed by atoms with van der Waals surface area (Å²) in [6.45, 7) is 4.88. The molecule has 0 radical (unpaired) electrons. The van der Waals surface area contributed by atoms with Crippen LogP contribution in [0.1, 0.15) is 55.4 Å². The molecular weight excluding hydrogens is 371 g/mol. The van der Waals surface area contributed by atoms with Crippen LogP contribution in [0, 0.1) is 6.92 Å². The van der Waals surface area contributed by atoms with Gasteiger partial charge in [0.05, 0.1) is 12.0 Å². The normalized spacial score (nSPS) is 12.2. The fourth-order valence-electron chi connectivity index (χ4n) is 2.46. The Morgan fingerprint density at radius 1 is 1.22 bits per heavy atom. The summed E-state index contributed by atoms with van der Waals surface area (Å²) in [4.78, 5) is 30.7. The molecule has 0 saturated carbocycles. The third-order valence-electron chi connectivity index (χ3n) is 4.13. The summed E-state index contributed by atoms with van der Waals surface area (Å²) in [5, 5.41) is 20.7. The lowest BCUT2D eigenvalue weighted by molar-refractivity contribution is -0.144. The third-order valence-corrected chi connectivity index (χ3v) is 4.13. The van der Waals surface area contributed by atoms with E-state index in [9.17, 15) is 22.8 Å². The lowest BCUT2D eigenvalue weighted by Gasteiger charge is -2.30. The zero-order chi connectivity index (χ0) is 20.4. The van der Waals surface area contributed by atoms with Gasteiger partial charge in [0, 0.05) is 0 Å². The predicted octanol–water partition coefficient (Wildman–Crippen LogP) is 1.48. The quantitative estimate of drug-likeness (QED) is 0.652. The molecule has 10 nitrogen and oxygen atoms in total. The van der Waals surface area contributed by atoms with E-state index in [1.165, 1.54) is 6.92 Å². The number of nitrogens with zero attached hydrogens (tertiary/aromatic N) is 5. The van der Waals surface area contributed by atoms with Crippen LogP contribution in [0.5, 0.6) is 0 Å². The summed E-state index contributed by atoms with van der Waals surface area (Å²) >= 11 is 0. The number of aromatic amines is 1. The number of carboxylic acid groups (broad SMARTS) is 1. The average molecular weight is 389 g/mol. The van der Waals surface area contributed by atoms with Crippen LogP contribution >= 0.6 is 0 Å². The van der Waals surface area contributed by atoms with Gasteiger partial charge in [0.25, 0.3) is 11.9 Å². The van der Waals surface area contributed by atoms with Gasteiger partial charge < -0.3 is 10.4 Å². The molecule has 0 spiro atoms. The van der Waals surface area contributed by atoms with Gasteiger partial charge in [0.15, 0.2) is 0 Å². The zero-order valence-corrected chi connectivity index (χ0v) is 14.8. The predicted molar refractivity (Wildman–Crippen MR) is 84.1 cm³/mol. The second kappa shape index (κ2) is 7.32. The SMILES string of the molecule is CCC(CC)(CC(=O)O)NC(=O)c1nc(C)n(-c2n[nH]c(C(F)(F)F)n2)n1. The van der Waals surface area contributed by atoms with Crippen LogP contribution in [0.15, 0.2) is 0 Å². The summed E-state index contributed by atoms with van der Waals surface area (Å²) in [5.74, 6) is -3.79. The van der Waals surface area contributed by atoms with E-state index in [0.717, 1.165) is 4.68 Å². The zero-order valence-electron chi connectivity index (χ0n) is 14.8. The maximum absolute atomic E-state index is 12.6. The van der Waals surface area contributed by atoms with Crippen molar-refractivity contribution in [3.05, 3.63) is 17.5 Å². The molecule has 2 aromatic heterocycles. The molecule has 0 unspecified atom stereocenters. The minimum absolute atomic E-state index is 0.0877. The maximum atomic E-state index is 12.6. The third kappa shape index (κ3) is 4.41. The molecule has 2 rings (SSSR count). The van der Waals surface area contributed by atoms with Crippen LogP contribution in [0.3, 0.4) is 0 Å². The Balaban J connectivity index is 2.28. The van der Waals surface area contributed by atoms with Crippen molar-refractivity contribution >= 4 is 11.9 Å². The van der Waals surface area contributed by atoms with E-state index in [2.05, 4.69) is 25.5 Å². The van der Waals surface area contributed by atoms with Crippen molar-refractivity contribution in [3.63, 3.8) is 0 Å². The Labute approximate surface area is 151 Å². The number of carbonyl (C=O) groups excluding carboxylic acids is 1. The first-order valence-electron chi connectivity index (χ1n) is 7.99. The molecule has 0 fully saturated rings. The second-order valence-electron chi connectivity index (χ2n) is 5.89. The van der Waals surface area contributed by atoms with Crippen molar-refractivity contribution in [3.8, 4) is 5.95 Å². The minimum Gasteiger partial charge on any atom is -0.481 e. The Hall–Kier alpha value is -2.99. The van der Waals surface area contributed by atoms with Gasteiger partial charge in [-0.15, -0.1) is 10.2 Å². The molecular formula is C14H18F3N7O3. The maximum Gasteiger partial charge on any atom is 0.451 e. The average Bonchev–Trinajstić information content (AvgIpc) is 3.19. The number of carboxylic acids is 1. The van der Waals surface area contributed by atoms with Gasteiger partial charge in [-0.1, -0.05) is 13.8 Å². The topological polar surface area (TPSA) is 139 Å². The van der Waals surface area contributed by atoms with E-state index in [-0.39, 0.29) is 18.1 Å². The number of nitrogens with one attached hydrogen (secondary N) is 2. The number of alkyl halides is 3. The number of amides is 1. The molecule has 0 saturated heterocycles. The van der Waals surface area contributed by atoms with E-state index in [1.54, 1.807) is 18.9 Å². The van der Waals surface area contributed by atoms with Gasteiger partial charge in [-0.05, 0) is 19.8 Å². The lowest BCUT2D eigenvalue weighted by atomic mass is 9.89. The van der Waals surface area contributed by atoms with E-state index in [4.69, 9.17) is 5.11 Å². The summed E-state index contributed by atoms with van der Waals surface area (Å²) in [7, 11) is 0. The fourth-order valence-corrected chi connectivity index (χ4v) is 2.46. The van der Waals surface area contributed by atoms with Crippen LogP contribution in [0.25, 0.3) is 5.95 Å². The molecule has 3 N–H and O–H groups in total. The Morgan fingerprint density at radius 3 is 2.33 bits per heavy atom. The van der Waals surface area contributed by atoms with Crippen molar-refractivity contribution in [2.24, 2.45) is 0 Å². The first kappa shape index (κ1) is 20.3. The highest BCUT2D eigenvalue weighted by Crippen LogP contribution is 2.26. The largest absolute Gasteiger partial charge is 0.481 e. The van der Waals surface area contributed by atoms with E-state index in [1.807, 2.05) is 0 Å². The van der Waals surface area contributed by atoms with Gasteiger partial charge in [-0.3, -0.25) is 14.7 Å². The number of halogens is 3. The summed E-state index contributed by atoms with van der Waals surface area (Å²) in [6, 6.07) is 0. The van der Waals surface area contributed by atoms with Gasteiger partial charge >= 0.3 is 12.1 Å². The highest BCUT2D eigenvalue weighted by atomic mass is 19.4. The monoisotopic (exact) mass is 389 g/mol. The Bertz CT molecular complexity index is 839. The highest BCUT2D eigenvalue weighted by molar-refractivity contribution is 5.91. The molecule has 13 heteroatoms. The number of carbonyl (C=O) groups is 2. The van der Waals surface area contributed by atoms with Gasteiger partial charge in [0.1, 0.15) is 5.82 Å². The van der Waals surface area contributed by atoms with E-state index in [0.29, 0.717) is 12.8 Å². The van der Waals surface area contributed by atoms with Gasteiger partial charge in [-0.2, -0.15) is 22.8 Å². The van der Waals surface area contributed by atoms with Crippen molar-refractivity contribution in [2.45, 2.75) is 51.7 Å². The number of aryl methyl sites for hydroxylation is 1. The fraction of sp³-hybridized carbons (Fsp3) is 0.571. The summed E-state index contributed by atoms with van der Waals surface area (Å²) in [6.07, 6.45) is -4.28. The van der Waals surface area contributed by atoms with E-state index < -0.39 is 35.4 Å². The number of hydrogen-bond acceptors (Lipinski definition) is 6. The van der Waals surface area contributed by atoms with Gasteiger partial charge in [0.2, 0.25) is 11.6 Å². The standard InChI is InChI=1S/C14H18F3N7O3/c1-4-13(5-2,6-8(25)26)20-10(27)9-18-7(3)24(23-9)12-19-11(21-22-12)14(15,16)17/h4-6H2,1-3H3,(H,20,27)(H,25,26)(H,19,21,22). The number of rotatable bonds is 7. The second-order valence-corrected chi connectivity index (χ2v) is 5.89. The molecule has 148 valence electrons. The molecule has 0 atom stereocenters. The van der Waals surface area contributed by atoms with Gasteiger partial charge in [-0.25, -0.2) is 4.98 Å². The first-order valence-corrected chi connectivity index (χ1v) is 7.99. The van der Waals surface area contributed by atoms with E-state index >= 15 is 0 Å². The molecule has 0 aromatic carbocycles. The highest BCUT2D eigenvalue weighted by Gasteiger charge is 2.36. The summed E-state index contributed by atoms with van der Waals surface area (Å²) in [5.41, 5.74) is -0.990. The smallest absolute Gasteiger partial charge is 0.451 e. The van der Waals surface area contributed by atoms with Crippen LogP contribution in [-0.2, 0) is 11.0 Å². The van der Waals surface area contributed by atoms with Crippen molar-refractivity contribution < 1.29 is 27.9 Å². The molecule has 1 amide bonds. The minimum atomic E-state index is -4.71. The molecule has 2 heterocycles. The molecule has 27 heavy (non-hydrogen) atoms. The lowest BCUT2D eigenvalue weighted by Crippen LogP contribution is -2.49. The Kier molecular flexibility index (Phi) is 5.51. The number of aliphatic carboxylic acids is 1. The molecule has 0 aliphatic carbocycles.